The van der Waals surface area contributed by atoms with Crippen LogP contribution in [-0.2, 0) is 6.54 Å². The number of hydrogen-bond acceptors (Lipinski definition) is 8. The number of azo groups is 1. The van der Waals surface area contributed by atoms with Crippen LogP contribution in [0.2, 0.25) is 5.02 Å². The SMILES string of the molecule is Clc1ccc(-c2ccc(CN=Nc3nc(Nc4ccccc4)nc(N4CCCCC4)n3)o2)cc1. The number of piperidine rings is 1. The number of hydrogen-bond donors (Lipinski definition) is 1. The fourth-order valence-electron chi connectivity index (χ4n) is 3.74. The molecule has 1 aliphatic rings. The van der Waals surface area contributed by atoms with Crippen molar-refractivity contribution in [2.45, 2.75) is 25.8 Å². The molecule has 9 heteroatoms. The number of halogens is 1. The van der Waals surface area contributed by atoms with E-state index in [1.165, 1.54) is 6.42 Å². The Hall–Kier alpha value is -3.78. The molecule has 5 rings (SSSR count). The van der Waals surface area contributed by atoms with Crippen LogP contribution in [0.15, 0.2) is 81.4 Å². The van der Waals surface area contributed by atoms with Crippen LogP contribution in [0.4, 0.5) is 23.5 Å². The zero-order valence-electron chi connectivity index (χ0n) is 18.6. The molecular formula is C25H24ClN7O. The molecule has 0 amide bonds. The van der Waals surface area contributed by atoms with Crippen LogP contribution in [0.25, 0.3) is 11.3 Å². The molecule has 0 aliphatic carbocycles. The Morgan fingerprint density at radius 3 is 2.47 bits per heavy atom. The topological polar surface area (TPSA) is 91.8 Å². The molecule has 172 valence electrons. The van der Waals surface area contributed by atoms with E-state index >= 15 is 0 Å². The monoisotopic (exact) mass is 473 g/mol. The van der Waals surface area contributed by atoms with Gasteiger partial charge in [-0.05, 0) is 67.8 Å². The minimum Gasteiger partial charge on any atom is -0.459 e. The lowest BCUT2D eigenvalue weighted by molar-refractivity contribution is 0.521. The number of furan rings is 1. The molecule has 0 spiro atoms. The van der Waals surface area contributed by atoms with Crippen LogP contribution in [0, 0.1) is 0 Å². The maximum atomic E-state index is 5.97. The lowest BCUT2D eigenvalue weighted by Crippen LogP contribution is -2.31. The first kappa shape index (κ1) is 22.0. The smallest absolute Gasteiger partial charge is 0.275 e. The van der Waals surface area contributed by atoms with Gasteiger partial charge in [-0.15, -0.1) is 5.11 Å². The third-order valence-electron chi connectivity index (χ3n) is 5.46. The summed E-state index contributed by atoms with van der Waals surface area (Å²) in [7, 11) is 0. The van der Waals surface area contributed by atoms with E-state index in [0.717, 1.165) is 42.9 Å². The van der Waals surface area contributed by atoms with Crippen molar-refractivity contribution in [3.05, 3.63) is 77.5 Å². The second-order valence-corrected chi connectivity index (χ2v) is 8.41. The Morgan fingerprint density at radius 1 is 0.882 bits per heavy atom. The number of anilines is 3. The summed E-state index contributed by atoms with van der Waals surface area (Å²) in [5.74, 6) is 2.77. The van der Waals surface area contributed by atoms with E-state index in [9.17, 15) is 0 Å². The van der Waals surface area contributed by atoms with E-state index in [4.69, 9.17) is 16.0 Å². The van der Waals surface area contributed by atoms with E-state index in [2.05, 4.69) is 35.4 Å². The Morgan fingerprint density at radius 2 is 1.68 bits per heavy atom. The summed E-state index contributed by atoms with van der Waals surface area (Å²) < 4.78 is 5.90. The number of para-hydroxylation sites is 1. The normalized spacial score (nSPS) is 14.0. The average Bonchev–Trinajstić information content (AvgIpc) is 3.34. The molecule has 0 atom stereocenters. The molecule has 8 nitrogen and oxygen atoms in total. The lowest BCUT2D eigenvalue weighted by atomic mass is 10.1. The molecule has 2 aromatic heterocycles. The van der Waals surface area contributed by atoms with Crippen LogP contribution in [0.5, 0.6) is 0 Å². The summed E-state index contributed by atoms with van der Waals surface area (Å²) in [6.07, 6.45) is 3.47. The third kappa shape index (κ3) is 5.58. The number of rotatable bonds is 7. The largest absolute Gasteiger partial charge is 0.459 e. The van der Waals surface area contributed by atoms with Crippen molar-refractivity contribution in [2.24, 2.45) is 10.2 Å². The van der Waals surface area contributed by atoms with E-state index in [1.807, 2.05) is 66.7 Å². The summed E-state index contributed by atoms with van der Waals surface area (Å²) in [6, 6.07) is 21.1. The van der Waals surface area contributed by atoms with Crippen molar-refractivity contribution in [1.29, 1.82) is 0 Å². The zero-order chi connectivity index (χ0) is 23.2. The van der Waals surface area contributed by atoms with Gasteiger partial charge >= 0.3 is 0 Å². The highest BCUT2D eigenvalue weighted by molar-refractivity contribution is 6.30. The maximum absolute atomic E-state index is 5.97. The first-order valence-corrected chi connectivity index (χ1v) is 11.7. The molecule has 1 fully saturated rings. The summed E-state index contributed by atoms with van der Waals surface area (Å²) in [4.78, 5) is 15.8. The molecule has 4 aromatic rings. The highest BCUT2D eigenvalue weighted by atomic mass is 35.5. The summed E-state index contributed by atoms with van der Waals surface area (Å²) in [5.41, 5.74) is 1.85. The van der Waals surface area contributed by atoms with Gasteiger partial charge in [0.2, 0.25) is 11.9 Å². The molecule has 2 aromatic carbocycles. The molecule has 3 heterocycles. The summed E-state index contributed by atoms with van der Waals surface area (Å²) in [6.45, 7) is 2.12. The fraction of sp³-hybridized carbons (Fsp3) is 0.240. The highest BCUT2D eigenvalue weighted by Gasteiger charge is 2.16. The molecule has 1 saturated heterocycles. The highest BCUT2D eigenvalue weighted by Crippen LogP contribution is 2.25. The van der Waals surface area contributed by atoms with Crippen LogP contribution < -0.4 is 10.2 Å². The van der Waals surface area contributed by atoms with Gasteiger partial charge in [0.25, 0.3) is 5.95 Å². The molecule has 1 aliphatic heterocycles. The van der Waals surface area contributed by atoms with Crippen molar-refractivity contribution in [1.82, 2.24) is 15.0 Å². The van der Waals surface area contributed by atoms with E-state index < -0.39 is 0 Å². The number of nitrogens with zero attached hydrogens (tertiary/aromatic N) is 6. The Kier molecular flexibility index (Phi) is 6.76. The van der Waals surface area contributed by atoms with Crippen LogP contribution >= 0.6 is 11.6 Å². The van der Waals surface area contributed by atoms with Crippen LogP contribution in [0.1, 0.15) is 25.0 Å². The minimum absolute atomic E-state index is 0.262. The van der Waals surface area contributed by atoms with Gasteiger partial charge < -0.3 is 14.6 Å². The molecule has 1 N–H and O–H groups in total. The molecule has 0 unspecified atom stereocenters. The van der Waals surface area contributed by atoms with Gasteiger partial charge in [0.05, 0.1) is 0 Å². The van der Waals surface area contributed by atoms with E-state index in [0.29, 0.717) is 22.7 Å². The first-order chi connectivity index (χ1) is 16.7. The van der Waals surface area contributed by atoms with Crippen molar-refractivity contribution in [2.75, 3.05) is 23.3 Å². The molecular weight excluding hydrogens is 450 g/mol. The number of nitrogens with one attached hydrogen (secondary N) is 1. The van der Waals surface area contributed by atoms with Crippen molar-refractivity contribution in [3.8, 4) is 11.3 Å². The molecule has 0 saturated carbocycles. The standard InChI is InChI=1S/C25H24ClN7O/c26-19-11-9-18(10-12-19)22-14-13-21(34-22)17-27-32-24-29-23(28-20-7-3-1-4-8-20)30-25(31-24)33-15-5-2-6-16-33/h1,3-4,7-14H,2,5-6,15-17H2,(H,28,29,30,31). The number of benzene rings is 2. The fourth-order valence-corrected chi connectivity index (χ4v) is 3.87. The zero-order valence-corrected chi connectivity index (χ0v) is 19.3. The van der Waals surface area contributed by atoms with Gasteiger partial charge in [0.15, 0.2) is 0 Å². The van der Waals surface area contributed by atoms with Gasteiger partial charge in [-0.25, -0.2) is 0 Å². The molecule has 0 radical (unpaired) electrons. The quantitative estimate of drug-likeness (QED) is 0.296. The van der Waals surface area contributed by atoms with Gasteiger partial charge in [-0.2, -0.15) is 20.1 Å². The maximum Gasteiger partial charge on any atom is 0.275 e. The number of aromatic nitrogens is 3. The van der Waals surface area contributed by atoms with Crippen LogP contribution in [-0.4, -0.2) is 28.0 Å². The van der Waals surface area contributed by atoms with Crippen LogP contribution in [0.3, 0.4) is 0 Å². The van der Waals surface area contributed by atoms with E-state index in [1.54, 1.807) is 0 Å². The minimum atomic E-state index is 0.262. The second-order valence-electron chi connectivity index (χ2n) is 7.97. The predicted octanol–water partition coefficient (Wildman–Crippen LogP) is 6.80. The first-order valence-electron chi connectivity index (χ1n) is 11.3. The third-order valence-corrected chi connectivity index (χ3v) is 5.71. The van der Waals surface area contributed by atoms with Gasteiger partial charge in [0.1, 0.15) is 18.1 Å². The molecule has 0 bridgehead atoms. The van der Waals surface area contributed by atoms with Crippen molar-refractivity contribution < 1.29 is 4.42 Å². The van der Waals surface area contributed by atoms with Gasteiger partial charge in [0, 0.05) is 29.4 Å². The Bertz CT molecular complexity index is 1250. The predicted molar refractivity (Wildman–Crippen MR) is 133 cm³/mol. The Balaban J connectivity index is 1.33. The summed E-state index contributed by atoms with van der Waals surface area (Å²) >= 11 is 5.97. The molecule has 34 heavy (non-hydrogen) atoms. The average molecular weight is 474 g/mol. The van der Waals surface area contributed by atoms with Gasteiger partial charge in [-0.1, -0.05) is 29.8 Å². The van der Waals surface area contributed by atoms with Crippen molar-refractivity contribution >= 4 is 35.1 Å². The second kappa shape index (κ2) is 10.4. The van der Waals surface area contributed by atoms with Gasteiger partial charge in [-0.3, -0.25) is 0 Å². The van der Waals surface area contributed by atoms with Crippen molar-refractivity contribution in [3.63, 3.8) is 0 Å². The van der Waals surface area contributed by atoms with E-state index in [-0.39, 0.29) is 12.5 Å². The Labute approximate surface area is 202 Å². The summed E-state index contributed by atoms with van der Waals surface area (Å²) in [5, 5.41) is 12.5. The lowest BCUT2D eigenvalue weighted by Gasteiger charge is -2.26.